The molecule has 1 aliphatic carbocycles. The highest BCUT2D eigenvalue weighted by Crippen LogP contribution is 2.27. The van der Waals surface area contributed by atoms with Gasteiger partial charge in [-0.2, -0.15) is 0 Å². The number of nitrogens with zero attached hydrogens (tertiary/aromatic N) is 3. The molecule has 134 valence electrons. The molecule has 0 saturated heterocycles. The molecule has 25 heavy (non-hydrogen) atoms. The molecule has 3 aromatic rings. The molecule has 2 N–H and O–H groups in total. The molecule has 1 fully saturated rings. The van der Waals surface area contributed by atoms with Crippen LogP contribution in [0.1, 0.15) is 58.6 Å². The Kier molecular flexibility index (Phi) is 4.32. The summed E-state index contributed by atoms with van der Waals surface area (Å²) in [4.78, 5) is 4.93. The first-order valence-corrected chi connectivity index (χ1v) is 9.84. The van der Waals surface area contributed by atoms with Crippen molar-refractivity contribution < 1.29 is 5.32 Å². The molecule has 0 radical (unpaired) electrons. The molecule has 0 unspecified atom stereocenters. The van der Waals surface area contributed by atoms with Gasteiger partial charge in [-0.1, -0.05) is 39.3 Å². The molecule has 0 atom stereocenters. The Morgan fingerprint density at radius 2 is 1.88 bits per heavy atom. The van der Waals surface area contributed by atoms with E-state index < -0.39 is 0 Å². The highest BCUT2D eigenvalue weighted by atomic mass is 15.2. The summed E-state index contributed by atoms with van der Waals surface area (Å²) in [5, 5.41) is 2.57. The summed E-state index contributed by atoms with van der Waals surface area (Å²) in [5.41, 5.74) is 3.78. The summed E-state index contributed by atoms with van der Waals surface area (Å²) in [6.07, 6.45) is 9.32. The van der Waals surface area contributed by atoms with E-state index in [0.29, 0.717) is 0 Å². The topological polar surface area (TPSA) is 38.8 Å². The lowest BCUT2D eigenvalue weighted by Crippen LogP contribution is -2.90. The molecule has 0 bridgehead atoms. The minimum atomic E-state index is 0.118. The van der Waals surface area contributed by atoms with E-state index in [1.165, 1.54) is 43.3 Å². The van der Waals surface area contributed by atoms with E-state index in [1.54, 1.807) is 0 Å². The van der Waals surface area contributed by atoms with E-state index in [0.717, 1.165) is 30.4 Å². The van der Waals surface area contributed by atoms with Crippen molar-refractivity contribution >= 4 is 16.8 Å². The number of hydrogen-bond donors (Lipinski definition) is 1. The summed E-state index contributed by atoms with van der Waals surface area (Å²) >= 11 is 0. The first-order chi connectivity index (χ1) is 12.0. The summed E-state index contributed by atoms with van der Waals surface area (Å²) in [5.74, 6) is 1.09. The smallest absolute Gasteiger partial charge is 0.215 e. The highest BCUT2D eigenvalue weighted by Gasteiger charge is 2.24. The molecular weight excluding hydrogens is 308 g/mol. The number of rotatable bonds is 4. The Labute approximate surface area is 150 Å². The van der Waals surface area contributed by atoms with Crippen molar-refractivity contribution in [3.63, 3.8) is 0 Å². The van der Waals surface area contributed by atoms with E-state index in [2.05, 4.69) is 65.5 Å². The second-order valence-corrected chi connectivity index (χ2v) is 8.61. The van der Waals surface area contributed by atoms with Crippen LogP contribution in [0.5, 0.6) is 0 Å². The van der Waals surface area contributed by atoms with E-state index in [4.69, 9.17) is 4.98 Å². The third-order valence-electron chi connectivity index (χ3n) is 5.63. The molecule has 1 saturated carbocycles. The summed E-state index contributed by atoms with van der Waals surface area (Å²) in [7, 11) is 0. The molecule has 4 rings (SSSR count). The van der Waals surface area contributed by atoms with Gasteiger partial charge in [0.25, 0.3) is 0 Å². The second-order valence-electron chi connectivity index (χ2n) is 8.61. The Balaban J connectivity index is 1.64. The van der Waals surface area contributed by atoms with Crippen LogP contribution in [0.2, 0.25) is 0 Å². The zero-order valence-electron chi connectivity index (χ0n) is 15.8. The van der Waals surface area contributed by atoms with Crippen molar-refractivity contribution in [2.75, 3.05) is 6.54 Å². The first-order valence-electron chi connectivity index (χ1n) is 9.84. The monoisotopic (exact) mass is 339 g/mol. The van der Waals surface area contributed by atoms with Gasteiger partial charge >= 0.3 is 0 Å². The molecular formula is C21H31N4+. The van der Waals surface area contributed by atoms with Crippen LogP contribution < -0.4 is 5.32 Å². The minimum absolute atomic E-state index is 0.118. The van der Waals surface area contributed by atoms with Crippen LogP contribution in [0, 0.1) is 0 Å². The second kappa shape index (κ2) is 6.49. The van der Waals surface area contributed by atoms with Gasteiger partial charge in [0, 0.05) is 17.3 Å². The zero-order valence-corrected chi connectivity index (χ0v) is 15.8. The zero-order chi connectivity index (χ0) is 17.4. The minimum Gasteiger partial charge on any atom is -0.342 e. The lowest BCUT2D eigenvalue weighted by Gasteiger charge is -2.22. The quantitative estimate of drug-likeness (QED) is 0.776. The van der Waals surface area contributed by atoms with Crippen molar-refractivity contribution in [1.82, 2.24) is 14.0 Å². The van der Waals surface area contributed by atoms with Crippen molar-refractivity contribution in [3.8, 4) is 0 Å². The van der Waals surface area contributed by atoms with Crippen LogP contribution in [0.15, 0.2) is 30.5 Å². The van der Waals surface area contributed by atoms with Gasteiger partial charge in [0.15, 0.2) is 0 Å². The lowest BCUT2D eigenvalue weighted by atomic mass is 9.92. The largest absolute Gasteiger partial charge is 0.342 e. The van der Waals surface area contributed by atoms with E-state index in [-0.39, 0.29) is 5.41 Å². The van der Waals surface area contributed by atoms with Gasteiger partial charge in [-0.05, 0) is 37.8 Å². The maximum Gasteiger partial charge on any atom is 0.215 e. The maximum atomic E-state index is 4.93. The molecule has 0 amide bonds. The van der Waals surface area contributed by atoms with Gasteiger partial charge in [-0.25, -0.2) is 4.98 Å². The van der Waals surface area contributed by atoms with Crippen LogP contribution in [0.3, 0.4) is 0 Å². The molecule has 0 spiro atoms. The number of fused-ring (bicyclic) bond motifs is 3. The summed E-state index contributed by atoms with van der Waals surface area (Å²) < 4.78 is 4.72. The Morgan fingerprint density at radius 3 is 2.64 bits per heavy atom. The number of imidazole rings is 2. The van der Waals surface area contributed by atoms with E-state index in [1.807, 2.05) is 0 Å². The standard InChI is InChI=1S/C21H30N4/c1-21(2,3)19-15-25-18-12-8-7-11-17(18)23-20(25)24(19)14-13-22-16-9-5-4-6-10-16/h7-8,11-12,15-16,22H,4-6,9-10,13-14H2,1-3H3/p+1. The van der Waals surface area contributed by atoms with E-state index in [9.17, 15) is 0 Å². The third-order valence-corrected chi connectivity index (χ3v) is 5.63. The van der Waals surface area contributed by atoms with Crippen molar-refractivity contribution in [3.05, 3.63) is 36.2 Å². The predicted octanol–water partition coefficient (Wildman–Crippen LogP) is 3.48. The van der Waals surface area contributed by atoms with Gasteiger partial charge < -0.3 is 9.88 Å². The molecule has 4 heteroatoms. The highest BCUT2D eigenvalue weighted by molar-refractivity contribution is 5.79. The first kappa shape index (κ1) is 16.6. The number of para-hydroxylation sites is 2. The van der Waals surface area contributed by atoms with Crippen molar-refractivity contribution in [2.24, 2.45) is 0 Å². The Morgan fingerprint density at radius 1 is 1.12 bits per heavy atom. The number of hydrogen-bond acceptors (Lipinski definition) is 1. The van der Waals surface area contributed by atoms with Crippen LogP contribution in [-0.2, 0) is 12.0 Å². The normalized spacial score (nSPS) is 16.9. The van der Waals surface area contributed by atoms with Crippen molar-refractivity contribution in [1.29, 1.82) is 0 Å². The summed E-state index contributed by atoms with van der Waals surface area (Å²) in [6, 6.07) is 9.28. The number of aromatic nitrogens is 3. The Bertz CT molecular complexity index is 859. The van der Waals surface area contributed by atoms with Crippen LogP contribution >= 0.6 is 0 Å². The van der Waals surface area contributed by atoms with Crippen LogP contribution in [0.4, 0.5) is 0 Å². The fourth-order valence-corrected chi connectivity index (χ4v) is 4.28. The van der Waals surface area contributed by atoms with Gasteiger partial charge in [0.2, 0.25) is 5.78 Å². The number of benzene rings is 1. The number of nitrogens with two attached hydrogens (primary N) is 1. The predicted molar refractivity (Wildman–Crippen MR) is 103 cm³/mol. The van der Waals surface area contributed by atoms with Gasteiger partial charge in [0.1, 0.15) is 0 Å². The fraction of sp³-hybridized carbons (Fsp3) is 0.571. The molecule has 1 aromatic carbocycles. The van der Waals surface area contributed by atoms with Gasteiger partial charge in [-0.15, -0.1) is 0 Å². The summed E-state index contributed by atoms with van der Waals surface area (Å²) in [6.45, 7) is 9.06. The molecule has 0 aliphatic heterocycles. The van der Waals surface area contributed by atoms with Crippen LogP contribution in [-0.4, -0.2) is 26.5 Å². The Hall–Kier alpha value is -1.81. The third kappa shape index (κ3) is 3.20. The van der Waals surface area contributed by atoms with Crippen molar-refractivity contribution in [2.45, 2.75) is 70.9 Å². The van der Waals surface area contributed by atoms with E-state index >= 15 is 0 Å². The van der Waals surface area contributed by atoms with Crippen LogP contribution in [0.25, 0.3) is 16.8 Å². The van der Waals surface area contributed by atoms with Gasteiger partial charge in [0.05, 0.1) is 30.2 Å². The average molecular weight is 340 g/mol. The van der Waals surface area contributed by atoms with Gasteiger partial charge in [-0.3, -0.25) is 4.40 Å². The molecule has 2 heterocycles. The average Bonchev–Trinajstić information content (AvgIpc) is 3.12. The fourth-order valence-electron chi connectivity index (χ4n) is 4.28. The lowest BCUT2D eigenvalue weighted by molar-refractivity contribution is -0.692. The molecule has 2 aromatic heterocycles. The SMILES string of the molecule is CC(C)(C)c1cn2c3ccccc3nc2n1CC[NH2+]C1CCCCC1. The maximum absolute atomic E-state index is 4.93. The number of quaternary nitrogens is 1. The molecule has 1 aliphatic rings. The molecule has 4 nitrogen and oxygen atoms in total.